The van der Waals surface area contributed by atoms with Crippen LogP contribution in [-0.2, 0) is 21.0 Å². The second-order valence-electron chi connectivity index (χ2n) is 6.71. The third-order valence-electron chi connectivity index (χ3n) is 4.13. The first-order valence-electron chi connectivity index (χ1n) is 9.19. The van der Waals surface area contributed by atoms with Gasteiger partial charge >= 0.3 is 11.4 Å². The lowest BCUT2D eigenvalue weighted by Gasteiger charge is -2.24. The van der Waals surface area contributed by atoms with Gasteiger partial charge in [-0.05, 0) is 72.8 Å². The van der Waals surface area contributed by atoms with E-state index >= 15 is 0 Å². The number of phenols is 3. The lowest BCUT2D eigenvalue weighted by atomic mass is 10.3. The minimum atomic E-state index is -6.66. The zero-order valence-corrected chi connectivity index (χ0v) is 18.8. The molecule has 35 heavy (non-hydrogen) atoms. The Morgan fingerprint density at radius 2 is 0.914 bits per heavy atom. The van der Waals surface area contributed by atoms with Crippen molar-refractivity contribution in [1.82, 2.24) is 0 Å². The topological polar surface area (TPSA) is 118 Å². The first-order valence-corrected chi connectivity index (χ1v) is 11.8. The number of benzene rings is 3. The van der Waals surface area contributed by atoms with E-state index in [0.717, 1.165) is 14.7 Å². The molecule has 0 spiro atoms. The zero-order chi connectivity index (χ0) is 26.6. The number of aromatic hydroxyl groups is 3. The highest BCUT2D eigenvalue weighted by Crippen LogP contribution is 2.38. The highest BCUT2D eigenvalue weighted by molar-refractivity contribution is 7.97. The van der Waals surface area contributed by atoms with E-state index in [1.54, 1.807) is 36.4 Å². The predicted molar refractivity (Wildman–Crippen MR) is 112 cm³/mol. The van der Waals surface area contributed by atoms with E-state index in [1.807, 2.05) is 36.4 Å². The molecule has 0 bridgehead atoms. The second-order valence-corrected chi connectivity index (χ2v) is 10.2. The van der Waals surface area contributed by atoms with Crippen molar-refractivity contribution in [3.05, 3.63) is 72.8 Å². The van der Waals surface area contributed by atoms with E-state index in [9.17, 15) is 54.6 Å². The number of halogens is 6. The van der Waals surface area contributed by atoms with Gasteiger partial charge in [-0.3, -0.25) is 0 Å². The van der Waals surface area contributed by atoms with Gasteiger partial charge in [0.15, 0.2) is 24.8 Å². The molecule has 0 aromatic heterocycles. The summed E-state index contributed by atoms with van der Waals surface area (Å²) in [5.41, 5.74) is 0. The van der Waals surface area contributed by atoms with Gasteiger partial charge < -0.3 is 19.9 Å². The van der Waals surface area contributed by atoms with Crippen molar-refractivity contribution >= 4 is 21.0 Å². The van der Waals surface area contributed by atoms with Crippen molar-refractivity contribution in [2.45, 2.75) is 32.3 Å². The third kappa shape index (κ3) is 7.19. The van der Waals surface area contributed by atoms with Crippen LogP contribution in [0.3, 0.4) is 0 Å². The molecule has 1 atom stereocenters. The van der Waals surface area contributed by atoms with Crippen LogP contribution in [0.5, 0.6) is 17.2 Å². The molecule has 14 heteroatoms. The van der Waals surface area contributed by atoms with E-state index in [4.69, 9.17) is 0 Å². The normalized spacial score (nSPS) is 13.1. The molecule has 0 saturated carbocycles. The quantitative estimate of drug-likeness (QED) is 0.239. The number of hydrogen-bond acceptors (Lipinski definition) is 6. The molecule has 0 heterocycles. The summed E-state index contributed by atoms with van der Waals surface area (Å²) in [4.78, 5) is 3.15. The van der Waals surface area contributed by atoms with Crippen LogP contribution < -0.4 is 0 Å². The molecule has 0 fully saturated rings. The molecule has 190 valence electrons. The predicted octanol–water partition coefficient (Wildman–Crippen LogP) is 4.92. The molecular formula is C21H16F6O6S2. The third-order valence-corrected chi connectivity index (χ3v) is 7.24. The highest BCUT2D eigenvalue weighted by Gasteiger charge is 2.61. The molecule has 0 aliphatic carbocycles. The maximum absolute atomic E-state index is 11.8. The Morgan fingerprint density at radius 1 is 0.657 bits per heavy atom. The summed E-state index contributed by atoms with van der Waals surface area (Å²) in [6.45, 7) is 0. The van der Waals surface area contributed by atoms with E-state index in [0.29, 0.717) is 0 Å². The average Bonchev–Trinajstić information content (AvgIpc) is 2.76. The summed E-state index contributed by atoms with van der Waals surface area (Å²) >= 11 is 0. The summed E-state index contributed by atoms with van der Waals surface area (Å²) in [5, 5.41) is 22.5. The maximum Gasteiger partial charge on any atom is 0.426 e. The number of phenolic OH excluding ortho intramolecular Hbond substituents is 3. The molecule has 1 unspecified atom stereocenters. The summed E-state index contributed by atoms with van der Waals surface area (Å²) in [5.74, 6) is 0.677. The first-order chi connectivity index (χ1) is 16.0. The zero-order valence-electron chi connectivity index (χ0n) is 17.2. The van der Waals surface area contributed by atoms with Gasteiger partial charge in [0.25, 0.3) is 6.17 Å². The van der Waals surface area contributed by atoms with Gasteiger partial charge in [0, 0.05) is 0 Å². The minimum absolute atomic E-state index is 0.226. The molecule has 3 N–H and O–H groups in total. The van der Waals surface area contributed by atoms with Gasteiger partial charge in [0.1, 0.15) is 17.2 Å². The van der Waals surface area contributed by atoms with Gasteiger partial charge in [-0.15, -0.1) is 0 Å². The van der Waals surface area contributed by atoms with E-state index in [-0.39, 0.29) is 28.1 Å². The molecule has 0 radical (unpaired) electrons. The van der Waals surface area contributed by atoms with Gasteiger partial charge in [-0.2, -0.15) is 22.0 Å². The van der Waals surface area contributed by atoms with Crippen molar-refractivity contribution in [3.63, 3.8) is 0 Å². The van der Waals surface area contributed by atoms with E-state index < -0.39 is 27.7 Å². The average molecular weight is 542 g/mol. The highest BCUT2D eigenvalue weighted by atomic mass is 32.2. The Bertz CT molecular complexity index is 1110. The van der Waals surface area contributed by atoms with E-state index in [2.05, 4.69) is 0 Å². The monoisotopic (exact) mass is 542 g/mol. The Labute approximate surface area is 198 Å². The van der Waals surface area contributed by atoms with Crippen LogP contribution in [0.15, 0.2) is 87.5 Å². The Balaban J connectivity index is 0.000000287. The molecule has 3 aromatic carbocycles. The Morgan fingerprint density at radius 3 is 1.09 bits per heavy atom. The fourth-order valence-corrected chi connectivity index (χ4v) is 4.90. The van der Waals surface area contributed by atoms with Crippen molar-refractivity contribution < 1.29 is 54.6 Å². The molecule has 0 aliphatic rings. The molecule has 6 nitrogen and oxygen atoms in total. The molecule has 0 amide bonds. The van der Waals surface area contributed by atoms with Crippen molar-refractivity contribution in [2.24, 2.45) is 0 Å². The number of hydrogen-bond donors (Lipinski definition) is 3. The number of rotatable bonds is 5. The maximum atomic E-state index is 11.8. The van der Waals surface area contributed by atoms with Crippen molar-refractivity contribution in [1.29, 1.82) is 0 Å². The fraction of sp³-hybridized carbons (Fsp3) is 0.143. The molecular weight excluding hydrogens is 526 g/mol. The van der Waals surface area contributed by atoms with Gasteiger partial charge in [-0.25, -0.2) is 12.8 Å². The van der Waals surface area contributed by atoms with Gasteiger partial charge in [-0.1, -0.05) is 0 Å². The van der Waals surface area contributed by atoms with Crippen LogP contribution in [0.4, 0.5) is 26.3 Å². The smallest absolute Gasteiger partial charge is 0.426 e. The van der Waals surface area contributed by atoms with Crippen molar-refractivity contribution in [2.75, 3.05) is 0 Å². The molecule has 3 aromatic rings. The first kappa shape index (κ1) is 28.1. The molecule has 0 aliphatic heterocycles. The standard InChI is InChI=1S/C18H14O3S.C3H2F6O3S/c19-13-1-7-16(8-2-13)22(17-9-3-14(20)4-10-17)18-11-5-15(21)6-12-18;4-1(2(5,6)7)3(8,9)13(10,11)12/h1-12H,(H2-,19,20,21);1H,(H,10,11,12). The van der Waals surface area contributed by atoms with Crippen LogP contribution in [0.2, 0.25) is 0 Å². The van der Waals surface area contributed by atoms with Crippen molar-refractivity contribution in [3.8, 4) is 17.2 Å². The Kier molecular flexibility index (Phi) is 8.57. The second kappa shape index (κ2) is 10.7. The summed E-state index contributed by atoms with van der Waals surface area (Å²) in [6.07, 6.45) is -11.1. The van der Waals surface area contributed by atoms with Crippen LogP contribution in [0, 0.1) is 0 Å². The van der Waals surface area contributed by atoms with Crippen LogP contribution in [0.25, 0.3) is 0 Å². The van der Waals surface area contributed by atoms with Crippen LogP contribution in [-0.4, -0.2) is 45.9 Å². The fourth-order valence-electron chi connectivity index (χ4n) is 2.47. The summed E-state index contributed by atoms with van der Waals surface area (Å²) in [6, 6.07) is 21.3. The van der Waals surface area contributed by atoms with E-state index in [1.165, 1.54) is 0 Å². The lowest BCUT2D eigenvalue weighted by Crippen LogP contribution is -2.46. The largest absolute Gasteiger partial charge is 0.743 e. The molecule has 0 saturated heterocycles. The van der Waals surface area contributed by atoms with Gasteiger partial charge in [0.05, 0.1) is 10.9 Å². The Hall–Kier alpha value is -3.10. The summed E-state index contributed by atoms with van der Waals surface area (Å²) < 4.78 is 97.5. The van der Waals surface area contributed by atoms with Crippen LogP contribution in [0.1, 0.15) is 0 Å². The minimum Gasteiger partial charge on any atom is -0.743 e. The van der Waals surface area contributed by atoms with Crippen LogP contribution >= 0.6 is 0 Å². The van der Waals surface area contributed by atoms with Gasteiger partial charge in [0.2, 0.25) is 0 Å². The number of alkyl halides is 6. The lowest BCUT2D eigenvalue weighted by molar-refractivity contribution is -0.223. The SMILES string of the molecule is O=S(=O)([O-])C(F)(F)C(F)C(F)(F)F.Oc1ccc([S+](c2ccc(O)cc2)c2ccc(O)cc2)cc1. The molecule has 3 rings (SSSR count). The summed E-state index contributed by atoms with van der Waals surface area (Å²) in [7, 11) is -7.04.